The molecule has 0 saturated heterocycles. The van der Waals surface area contributed by atoms with Crippen LogP contribution in [0.3, 0.4) is 0 Å². The molecule has 0 N–H and O–H groups in total. The van der Waals surface area contributed by atoms with E-state index >= 15 is 0 Å². The third-order valence-corrected chi connectivity index (χ3v) is 4.09. The van der Waals surface area contributed by atoms with Crippen LogP contribution in [0.4, 0.5) is 4.39 Å². The lowest BCUT2D eigenvalue weighted by Crippen LogP contribution is -2.10. The van der Waals surface area contributed by atoms with Gasteiger partial charge in [-0.15, -0.1) is 11.6 Å². The number of halogens is 3. The molecule has 0 atom stereocenters. The predicted molar refractivity (Wildman–Crippen MR) is 87.5 cm³/mol. The van der Waals surface area contributed by atoms with Gasteiger partial charge in [0.25, 0.3) is 0 Å². The Labute approximate surface area is 137 Å². The lowest BCUT2D eigenvalue weighted by atomic mass is 10.3. The fraction of sp³-hybridized carbons (Fsp3) is 0.533. The molecule has 21 heavy (non-hydrogen) atoms. The summed E-state index contributed by atoms with van der Waals surface area (Å²) in [4.78, 5) is 4.48. The molecule has 1 aromatic carbocycles. The van der Waals surface area contributed by atoms with E-state index in [1.807, 2.05) is 0 Å². The van der Waals surface area contributed by atoms with Gasteiger partial charge in [-0.3, -0.25) is 0 Å². The Hall–Kier alpha value is -0.650. The lowest BCUT2D eigenvalue weighted by Gasteiger charge is -2.09. The number of hydrogen-bond acceptors (Lipinski definition) is 2. The summed E-state index contributed by atoms with van der Waals surface area (Å²) in [5.41, 5.74) is 1.56. The topological polar surface area (TPSA) is 27.1 Å². The van der Waals surface area contributed by atoms with Crippen molar-refractivity contribution in [2.75, 3.05) is 19.1 Å². The van der Waals surface area contributed by atoms with Crippen LogP contribution < -0.4 is 0 Å². The van der Waals surface area contributed by atoms with Crippen LogP contribution in [0.2, 0.25) is 0 Å². The number of hydrogen-bond donors (Lipinski definition) is 0. The Balaban J connectivity index is 2.21. The number of aryl methyl sites for hydroxylation is 1. The quantitative estimate of drug-likeness (QED) is 0.499. The van der Waals surface area contributed by atoms with Crippen LogP contribution in [0.1, 0.15) is 25.6 Å². The molecule has 0 bridgehead atoms. The van der Waals surface area contributed by atoms with Crippen molar-refractivity contribution in [2.24, 2.45) is 0 Å². The minimum absolute atomic E-state index is 0.302. The molecule has 0 spiro atoms. The molecule has 0 radical (unpaired) electrons. The van der Waals surface area contributed by atoms with Gasteiger partial charge in [-0.05, 0) is 28.4 Å². The average molecular weight is 378 g/mol. The van der Waals surface area contributed by atoms with E-state index in [9.17, 15) is 4.39 Å². The van der Waals surface area contributed by atoms with E-state index in [2.05, 4.69) is 32.4 Å². The van der Waals surface area contributed by atoms with Gasteiger partial charge in [0, 0.05) is 31.5 Å². The SMILES string of the molecule is CCCCOCCn1c(CCCl)nc2cc(F)c(Br)cc21. The van der Waals surface area contributed by atoms with E-state index in [1.54, 1.807) is 6.07 Å². The molecule has 2 aromatic rings. The number of fused-ring (bicyclic) bond motifs is 1. The Bertz CT molecular complexity index is 603. The van der Waals surface area contributed by atoms with Crippen molar-refractivity contribution >= 4 is 38.6 Å². The number of alkyl halides is 1. The third-order valence-electron chi connectivity index (χ3n) is 3.29. The van der Waals surface area contributed by atoms with E-state index < -0.39 is 0 Å². The molecular weight excluding hydrogens is 359 g/mol. The Morgan fingerprint density at radius 2 is 2.19 bits per heavy atom. The zero-order chi connectivity index (χ0) is 15.2. The minimum Gasteiger partial charge on any atom is -0.380 e. The summed E-state index contributed by atoms with van der Waals surface area (Å²) in [5.74, 6) is 1.06. The average Bonchev–Trinajstić information content (AvgIpc) is 2.77. The molecule has 0 aliphatic heterocycles. The van der Waals surface area contributed by atoms with Crippen molar-refractivity contribution in [1.82, 2.24) is 9.55 Å². The second-order valence-electron chi connectivity index (χ2n) is 4.84. The largest absolute Gasteiger partial charge is 0.380 e. The first kappa shape index (κ1) is 16.7. The maximum absolute atomic E-state index is 13.6. The number of nitrogens with zero attached hydrogens (tertiary/aromatic N) is 2. The number of ether oxygens (including phenoxy) is 1. The molecule has 0 unspecified atom stereocenters. The first-order valence-corrected chi connectivity index (χ1v) is 8.48. The molecule has 0 aliphatic rings. The van der Waals surface area contributed by atoms with Gasteiger partial charge in [-0.2, -0.15) is 0 Å². The molecule has 2 rings (SSSR count). The first-order valence-electron chi connectivity index (χ1n) is 7.15. The first-order chi connectivity index (χ1) is 10.2. The van der Waals surface area contributed by atoms with Crippen LogP contribution in [0.5, 0.6) is 0 Å². The Morgan fingerprint density at radius 3 is 2.90 bits per heavy atom. The Kier molecular flexibility index (Phi) is 6.45. The van der Waals surface area contributed by atoms with Gasteiger partial charge in [0.15, 0.2) is 0 Å². The van der Waals surface area contributed by atoms with Crippen molar-refractivity contribution in [1.29, 1.82) is 0 Å². The molecule has 0 fully saturated rings. The summed E-state index contributed by atoms with van der Waals surface area (Å²) in [6.45, 7) is 4.23. The number of benzene rings is 1. The molecular formula is C15H19BrClFN2O. The van der Waals surface area contributed by atoms with Crippen LogP contribution in [-0.2, 0) is 17.7 Å². The predicted octanol–water partition coefficient (Wildman–Crippen LogP) is 4.54. The fourth-order valence-electron chi connectivity index (χ4n) is 2.20. The molecule has 0 saturated carbocycles. The van der Waals surface area contributed by atoms with E-state index in [0.29, 0.717) is 35.4 Å². The highest BCUT2D eigenvalue weighted by molar-refractivity contribution is 9.10. The summed E-state index contributed by atoms with van der Waals surface area (Å²) in [6, 6.07) is 3.22. The molecule has 3 nitrogen and oxygen atoms in total. The third kappa shape index (κ3) is 4.18. The number of unbranched alkanes of at least 4 members (excludes halogenated alkanes) is 1. The van der Waals surface area contributed by atoms with Crippen LogP contribution >= 0.6 is 27.5 Å². The highest BCUT2D eigenvalue weighted by Gasteiger charge is 2.13. The van der Waals surface area contributed by atoms with Gasteiger partial charge in [0.2, 0.25) is 0 Å². The smallest absolute Gasteiger partial charge is 0.139 e. The zero-order valence-electron chi connectivity index (χ0n) is 12.0. The van der Waals surface area contributed by atoms with Crippen LogP contribution in [0.25, 0.3) is 11.0 Å². The molecule has 6 heteroatoms. The fourth-order valence-corrected chi connectivity index (χ4v) is 2.70. The van der Waals surface area contributed by atoms with E-state index in [0.717, 1.165) is 30.8 Å². The summed E-state index contributed by atoms with van der Waals surface area (Å²) < 4.78 is 21.7. The number of rotatable bonds is 8. The van der Waals surface area contributed by atoms with Crippen LogP contribution in [-0.4, -0.2) is 28.6 Å². The maximum Gasteiger partial charge on any atom is 0.139 e. The monoisotopic (exact) mass is 376 g/mol. The minimum atomic E-state index is -0.302. The zero-order valence-corrected chi connectivity index (χ0v) is 14.4. The summed E-state index contributed by atoms with van der Waals surface area (Å²) in [7, 11) is 0. The van der Waals surface area contributed by atoms with Gasteiger partial charge in [-0.25, -0.2) is 9.37 Å². The van der Waals surface area contributed by atoms with Crippen molar-refractivity contribution in [3.63, 3.8) is 0 Å². The normalized spacial score (nSPS) is 11.4. The van der Waals surface area contributed by atoms with Crippen molar-refractivity contribution in [3.8, 4) is 0 Å². The van der Waals surface area contributed by atoms with Gasteiger partial charge in [-0.1, -0.05) is 13.3 Å². The van der Waals surface area contributed by atoms with Gasteiger partial charge >= 0.3 is 0 Å². The lowest BCUT2D eigenvalue weighted by molar-refractivity contribution is 0.123. The van der Waals surface area contributed by atoms with Crippen LogP contribution in [0.15, 0.2) is 16.6 Å². The molecule has 0 amide bonds. The molecule has 116 valence electrons. The Morgan fingerprint density at radius 1 is 1.38 bits per heavy atom. The summed E-state index contributed by atoms with van der Waals surface area (Å²) >= 11 is 9.06. The molecule has 0 aliphatic carbocycles. The second-order valence-corrected chi connectivity index (χ2v) is 6.07. The molecule has 1 aromatic heterocycles. The van der Waals surface area contributed by atoms with Gasteiger partial charge < -0.3 is 9.30 Å². The van der Waals surface area contributed by atoms with Crippen molar-refractivity contribution in [2.45, 2.75) is 32.7 Å². The second kappa shape index (κ2) is 8.11. The van der Waals surface area contributed by atoms with E-state index in [1.165, 1.54) is 6.07 Å². The van der Waals surface area contributed by atoms with Crippen molar-refractivity contribution in [3.05, 3.63) is 28.2 Å². The summed E-state index contributed by atoms with van der Waals surface area (Å²) in [5, 5.41) is 0. The molecule has 1 heterocycles. The number of imidazole rings is 1. The van der Waals surface area contributed by atoms with Crippen molar-refractivity contribution < 1.29 is 9.13 Å². The highest BCUT2D eigenvalue weighted by Crippen LogP contribution is 2.24. The number of aromatic nitrogens is 2. The van der Waals surface area contributed by atoms with Gasteiger partial charge in [0.05, 0.1) is 22.1 Å². The highest BCUT2D eigenvalue weighted by atomic mass is 79.9. The standard InChI is InChI=1S/C15H19BrClFN2O/c1-2-3-7-21-8-6-20-14-9-11(16)12(18)10-13(14)19-15(20)4-5-17/h9-10H,2-8H2,1H3. The van der Waals surface area contributed by atoms with E-state index in [4.69, 9.17) is 16.3 Å². The maximum atomic E-state index is 13.6. The summed E-state index contributed by atoms with van der Waals surface area (Å²) in [6.07, 6.45) is 2.85. The van der Waals surface area contributed by atoms with Gasteiger partial charge in [0.1, 0.15) is 11.6 Å². The van der Waals surface area contributed by atoms with Crippen LogP contribution in [0, 0.1) is 5.82 Å². The van der Waals surface area contributed by atoms with E-state index in [-0.39, 0.29) is 5.82 Å².